The fourth-order valence-electron chi connectivity index (χ4n) is 1.04. The largest absolute Gasteiger partial charge is 0.391 e. The first-order valence-electron chi connectivity index (χ1n) is 5.52. The molecule has 0 fully saturated rings. The maximum Gasteiger partial charge on any atom is 0.237 e. The van der Waals surface area contributed by atoms with Gasteiger partial charge in [-0.25, -0.2) is 8.42 Å². The second-order valence-electron chi connectivity index (χ2n) is 4.58. The maximum atomic E-state index is 11.4. The Balaban J connectivity index is 3.98. The van der Waals surface area contributed by atoms with Crippen molar-refractivity contribution in [3.63, 3.8) is 0 Å². The third-order valence-corrected chi connectivity index (χ3v) is 3.37. The molecule has 0 radical (unpaired) electrons. The maximum absolute atomic E-state index is 11.4. The number of carbonyl (C=O) groups is 1. The highest BCUT2D eigenvalue weighted by Gasteiger charge is 2.17. The molecule has 0 aliphatic carbocycles. The van der Waals surface area contributed by atoms with E-state index in [4.69, 9.17) is 5.73 Å². The van der Waals surface area contributed by atoms with Crippen LogP contribution in [0.4, 0.5) is 0 Å². The van der Waals surface area contributed by atoms with Gasteiger partial charge in [0.25, 0.3) is 0 Å². The van der Waals surface area contributed by atoms with Gasteiger partial charge in [-0.05, 0) is 12.3 Å². The van der Waals surface area contributed by atoms with Crippen LogP contribution >= 0.6 is 0 Å². The van der Waals surface area contributed by atoms with Gasteiger partial charge >= 0.3 is 0 Å². The monoisotopic (exact) mass is 266 g/mol. The third kappa shape index (κ3) is 8.12. The van der Waals surface area contributed by atoms with E-state index in [1.54, 1.807) is 0 Å². The lowest BCUT2D eigenvalue weighted by atomic mass is 10.1. The number of nitrogens with two attached hydrogens (primary N) is 1. The number of aliphatic hydroxyl groups excluding tert-OH is 1. The van der Waals surface area contributed by atoms with Crippen molar-refractivity contribution in [1.29, 1.82) is 0 Å². The molecule has 0 saturated carbocycles. The normalized spacial score (nSPS) is 15.6. The second kappa shape index (κ2) is 6.93. The average Bonchev–Trinajstić information content (AvgIpc) is 2.20. The van der Waals surface area contributed by atoms with Gasteiger partial charge in [0.2, 0.25) is 5.91 Å². The summed E-state index contributed by atoms with van der Waals surface area (Å²) in [7, 11) is -3.11. The van der Waals surface area contributed by atoms with Crippen LogP contribution in [-0.4, -0.2) is 50.1 Å². The molecule has 0 heterocycles. The van der Waals surface area contributed by atoms with Crippen LogP contribution in [0.3, 0.4) is 0 Å². The molecule has 0 aliphatic heterocycles. The molecule has 0 spiro atoms. The zero-order valence-electron chi connectivity index (χ0n) is 10.5. The van der Waals surface area contributed by atoms with Gasteiger partial charge in [0.05, 0.1) is 17.9 Å². The number of nitrogens with one attached hydrogen (secondary N) is 1. The SMILES string of the molecule is CC(C)C(O)CNC(=O)C(N)CCS(C)(=O)=O. The predicted molar refractivity (Wildman–Crippen MR) is 66.2 cm³/mol. The fourth-order valence-corrected chi connectivity index (χ4v) is 1.73. The van der Waals surface area contributed by atoms with Gasteiger partial charge in [0, 0.05) is 12.8 Å². The summed E-state index contributed by atoms with van der Waals surface area (Å²) in [5.41, 5.74) is 5.53. The summed E-state index contributed by atoms with van der Waals surface area (Å²) in [6.07, 6.45) is 0.559. The summed E-state index contributed by atoms with van der Waals surface area (Å²) in [6.45, 7) is 3.80. The molecule has 4 N–H and O–H groups in total. The molecule has 0 rings (SSSR count). The van der Waals surface area contributed by atoms with E-state index in [1.165, 1.54) is 0 Å². The zero-order chi connectivity index (χ0) is 13.6. The zero-order valence-corrected chi connectivity index (χ0v) is 11.3. The third-order valence-electron chi connectivity index (χ3n) is 2.39. The molecular weight excluding hydrogens is 244 g/mol. The number of carbonyl (C=O) groups excluding carboxylic acids is 1. The van der Waals surface area contributed by atoms with E-state index in [9.17, 15) is 18.3 Å². The predicted octanol–water partition coefficient (Wildman–Crippen LogP) is -1.12. The van der Waals surface area contributed by atoms with Gasteiger partial charge in [0.1, 0.15) is 9.84 Å². The minimum Gasteiger partial charge on any atom is -0.391 e. The number of hydrogen-bond acceptors (Lipinski definition) is 5. The van der Waals surface area contributed by atoms with Gasteiger partial charge in [0.15, 0.2) is 0 Å². The first-order chi connectivity index (χ1) is 7.63. The standard InChI is InChI=1S/C10H22N2O4S/c1-7(2)9(13)6-12-10(14)8(11)4-5-17(3,15)16/h7-9,13H,4-6,11H2,1-3H3,(H,12,14). The van der Waals surface area contributed by atoms with E-state index in [0.29, 0.717) is 0 Å². The van der Waals surface area contributed by atoms with Crippen molar-refractivity contribution in [3.8, 4) is 0 Å². The molecule has 0 aromatic carbocycles. The van der Waals surface area contributed by atoms with Crippen LogP contribution in [0.5, 0.6) is 0 Å². The molecular formula is C10H22N2O4S. The van der Waals surface area contributed by atoms with Crippen LogP contribution in [0, 0.1) is 5.92 Å². The molecule has 2 unspecified atom stereocenters. The smallest absolute Gasteiger partial charge is 0.237 e. The van der Waals surface area contributed by atoms with Gasteiger partial charge < -0.3 is 16.2 Å². The van der Waals surface area contributed by atoms with E-state index in [0.717, 1.165) is 6.26 Å². The first-order valence-corrected chi connectivity index (χ1v) is 7.58. The minimum absolute atomic E-state index is 0.0440. The number of aliphatic hydroxyl groups is 1. The first kappa shape index (κ1) is 16.3. The molecule has 0 bridgehead atoms. The van der Waals surface area contributed by atoms with E-state index in [-0.39, 0.29) is 24.6 Å². The van der Waals surface area contributed by atoms with Crippen LogP contribution in [0.1, 0.15) is 20.3 Å². The molecule has 1 amide bonds. The lowest BCUT2D eigenvalue weighted by Crippen LogP contribution is -2.45. The van der Waals surface area contributed by atoms with Crippen molar-refractivity contribution in [1.82, 2.24) is 5.32 Å². The Morgan fingerprint density at radius 2 is 1.94 bits per heavy atom. The Bertz CT molecular complexity index is 340. The Kier molecular flexibility index (Phi) is 6.66. The summed E-state index contributed by atoms with van der Waals surface area (Å²) in [4.78, 5) is 11.4. The summed E-state index contributed by atoms with van der Waals surface area (Å²) < 4.78 is 21.8. The average molecular weight is 266 g/mol. The fraction of sp³-hybridized carbons (Fsp3) is 0.900. The Morgan fingerprint density at radius 1 is 1.41 bits per heavy atom. The molecule has 2 atom stereocenters. The molecule has 6 nitrogen and oxygen atoms in total. The topological polar surface area (TPSA) is 109 Å². The summed E-state index contributed by atoms with van der Waals surface area (Å²) in [5.74, 6) is -0.509. The number of rotatable bonds is 7. The molecule has 0 aromatic heterocycles. The van der Waals surface area contributed by atoms with Crippen molar-refractivity contribution in [2.24, 2.45) is 11.7 Å². The second-order valence-corrected chi connectivity index (χ2v) is 6.84. The van der Waals surface area contributed by atoms with E-state index >= 15 is 0 Å². The number of amides is 1. The highest BCUT2D eigenvalue weighted by molar-refractivity contribution is 7.90. The van der Waals surface area contributed by atoms with Crippen LogP contribution in [-0.2, 0) is 14.6 Å². The quantitative estimate of drug-likeness (QED) is 0.541. The summed E-state index contributed by atoms with van der Waals surface area (Å²) in [5, 5.41) is 12.0. The lowest BCUT2D eigenvalue weighted by molar-refractivity contribution is -0.123. The lowest BCUT2D eigenvalue weighted by Gasteiger charge is -2.17. The molecule has 17 heavy (non-hydrogen) atoms. The van der Waals surface area contributed by atoms with Crippen molar-refractivity contribution in [2.75, 3.05) is 18.6 Å². The van der Waals surface area contributed by atoms with E-state index in [1.807, 2.05) is 13.8 Å². The van der Waals surface area contributed by atoms with Crippen LogP contribution in [0.25, 0.3) is 0 Å². The van der Waals surface area contributed by atoms with Gasteiger partial charge in [-0.3, -0.25) is 4.79 Å². The molecule has 0 aromatic rings. The van der Waals surface area contributed by atoms with Crippen molar-refractivity contribution < 1.29 is 18.3 Å². The minimum atomic E-state index is -3.11. The van der Waals surface area contributed by atoms with Crippen LogP contribution < -0.4 is 11.1 Å². The number of sulfone groups is 1. The van der Waals surface area contributed by atoms with Crippen molar-refractivity contribution >= 4 is 15.7 Å². The highest BCUT2D eigenvalue weighted by Crippen LogP contribution is 1.99. The molecule has 0 aliphatic rings. The van der Waals surface area contributed by atoms with Gasteiger partial charge in [-0.1, -0.05) is 13.8 Å². The van der Waals surface area contributed by atoms with Gasteiger partial charge in [-0.2, -0.15) is 0 Å². The Labute approximate surface area is 102 Å². The molecule has 7 heteroatoms. The van der Waals surface area contributed by atoms with Crippen molar-refractivity contribution in [2.45, 2.75) is 32.4 Å². The van der Waals surface area contributed by atoms with Gasteiger partial charge in [-0.15, -0.1) is 0 Å². The summed E-state index contributed by atoms with van der Waals surface area (Å²) >= 11 is 0. The van der Waals surface area contributed by atoms with Crippen LogP contribution in [0.15, 0.2) is 0 Å². The highest BCUT2D eigenvalue weighted by atomic mass is 32.2. The Hall–Kier alpha value is -0.660. The van der Waals surface area contributed by atoms with Crippen LogP contribution in [0.2, 0.25) is 0 Å². The number of hydrogen-bond donors (Lipinski definition) is 3. The molecule has 102 valence electrons. The molecule has 0 saturated heterocycles. The van der Waals surface area contributed by atoms with E-state index in [2.05, 4.69) is 5.32 Å². The van der Waals surface area contributed by atoms with E-state index < -0.39 is 27.9 Å². The summed E-state index contributed by atoms with van der Waals surface area (Å²) in [6, 6.07) is -0.857. The van der Waals surface area contributed by atoms with Crippen molar-refractivity contribution in [3.05, 3.63) is 0 Å². The Morgan fingerprint density at radius 3 is 2.35 bits per heavy atom.